The maximum Gasteiger partial charge on any atom is 0.253 e. The lowest BCUT2D eigenvalue weighted by Crippen LogP contribution is -2.44. The number of carbonyl (C=O) groups excluding carboxylic acids is 2. The van der Waals surface area contributed by atoms with Gasteiger partial charge in [-0.3, -0.25) is 9.59 Å². The predicted molar refractivity (Wildman–Crippen MR) is 110 cm³/mol. The second-order valence-electron chi connectivity index (χ2n) is 7.02. The first kappa shape index (κ1) is 22.1. The third-order valence-electron chi connectivity index (χ3n) is 5.16. The van der Waals surface area contributed by atoms with Crippen molar-refractivity contribution in [2.75, 3.05) is 39.4 Å². The van der Waals surface area contributed by atoms with E-state index in [-0.39, 0.29) is 17.7 Å². The number of benzene rings is 1. The van der Waals surface area contributed by atoms with Crippen LogP contribution >= 0.6 is 0 Å². The fourth-order valence-electron chi connectivity index (χ4n) is 3.55. The molecule has 1 aromatic carbocycles. The first-order valence-electron chi connectivity index (χ1n) is 10.5. The molecule has 2 amide bonds. The molecule has 0 atom stereocenters. The van der Waals surface area contributed by atoms with Crippen LogP contribution in [0.25, 0.3) is 0 Å². The highest BCUT2D eigenvalue weighted by atomic mass is 16.5. The monoisotopic (exact) mass is 390 g/mol. The molecule has 0 bridgehead atoms. The Morgan fingerprint density at radius 1 is 1.04 bits per heavy atom. The summed E-state index contributed by atoms with van der Waals surface area (Å²) in [4.78, 5) is 29.2. The molecule has 0 saturated carbocycles. The van der Waals surface area contributed by atoms with E-state index >= 15 is 0 Å². The molecule has 1 fully saturated rings. The number of hydrogen-bond acceptors (Lipinski definition) is 4. The van der Waals surface area contributed by atoms with Crippen molar-refractivity contribution in [2.24, 2.45) is 5.92 Å². The van der Waals surface area contributed by atoms with Gasteiger partial charge in [-0.1, -0.05) is 6.92 Å². The zero-order valence-electron chi connectivity index (χ0n) is 17.7. The standard InChI is InChI=1S/C22H34N2O4/c1-5-15-28-19-10-9-18(16-20(19)27-8-4)22(26)24-13-11-17(12-14-24)21(25)23(6-2)7-3/h9-10,16-17H,5-8,11-15H2,1-4H3. The van der Waals surface area contributed by atoms with Gasteiger partial charge in [0.15, 0.2) is 11.5 Å². The van der Waals surface area contributed by atoms with E-state index in [0.29, 0.717) is 43.4 Å². The Hall–Kier alpha value is -2.24. The van der Waals surface area contributed by atoms with Crippen LogP contribution in [0.2, 0.25) is 0 Å². The lowest BCUT2D eigenvalue weighted by Gasteiger charge is -2.33. The molecular weight excluding hydrogens is 356 g/mol. The summed E-state index contributed by atoms with van der Waals surface area (Å²) >= 11 is 0. The molecule has 0 radical (unpaired) electrons. The van der Waals surface area contributed by atoms with E-state index in [4.69, 9.17) is 9.47 Å². The van der Waals surface area contributed by atoms with Gasteiger partial charge in [0.05, 0.1) is 13.2 Å². The van der Waals surface area contributed by atoms with Gasteiger partial charge in [-0.15, -0.1) is 0 Å². The van der Waals surface area contributed by atoms with Gasteiger partial charge in [-0.2, -0.15) is 0 Å². The summed E-state index contributed by atoms with van der Waals surface area (Å²) in [6, 6.07) is 5.37. The fraction of sp³-hybridized carbons (Fsp3) is 0.636. The summed E-state index contributed by atoms with van der Waals surface area (Å²) in [5.41, 5.74) is 0.598. The largest absolute Gasteiger partial charge is 0.490 e. The Bertz CT molecular complexity index is 650. The average Bonchev–Trinajstić information content (AvgIpc) is 2.73. The molecule has 0 unspecified atom stereocenters. The molecule has 6 nitrogen and oxygen atoms in total. The number of likely N-dealkylation sites (tertiary alicyclic amines) is 1. The molecule has 1 aromatic rings. The van der Waals surface area contributed by atoms with Crippen LogP contribution < -0.4 is 9.47 Å². The van der Waals surface area contributed by atoms with E-state index in [0.717, 1.165) is 32.4 Å². The molecule has 0 aliphatic carbocycles. The Balaban J connectivity index is 2.02. The van der Waals surface area contributed by atoms with Crippen molar-refractivity contribution in [3.8, 4) is 11.5 Å². The quantitative estimate of drug-likeness (QED) is 0.646. The summed E-state index contributed by atoms with van der Waals surface area (Å²) in [6.45, 7) is 11.8. The zero-order chi connectivity index (χ0) is 20.5. The van der Waals surface area contributed by atoms with Crippen molar-refractivity contribution in [2.45, 2.75) is 47.0 Å². The van der Waals surface area contributed by atoms with Crippen LogP contribution in [0.1, 0.15) is 57.3 Å². The lowest BCUT2D eigenvalue weighted by molar-refractivity contribution is -0.136. The predicted octanol–water partition coefficient (Wildman–Crippen LogP) is 3.59. The smallest absolute Gasteiger partial charge is 0.253 e. The van der Waals surface area contributed by atoms with Crippen molar-refractivity contribution < 1.29 is 19.1 Å². The van der Waals surface area contributed by atoms with Gasteiger partial charge in [0.2, 0.25) is 5.91 Å². The molecule has 1 saturated heterocycles. The summed E-state index contributed by atoms with van der Waals surface area (Å²) in [7, 11) is 0. The van der Waals surface area contributed by atoms with Crippen LogP contribution in [-0.2, 0) is 4.79 Å². The normalized spacial score (nSPS) is 14.6. The first-order chi connectivity index (χ1) is 13.5. The molecule has 0 aromatic heterocycles. The van der Waals surface area contributed by atoms with Crippen LogP contribution in [0.15, 0.2) is 18.2 Å². The molecule has 0 N–H and O–H groups in total. The molecule has 0 spiro atoms. The molecule has 1 aliphatic heterocycles. The second-order valence-corrected chi connectivity index (χ2v) is 7.02. The van der Waals surface area contributed by atoms with Crippen molar-refractivity contribution in [3.05, 3.63) is 23.8 Å². The number of rotatable bonds is 9. The molecule has 6 heteroatoms. The van der Waals surface area contributed by atoms with E-state index in [2.05, 4.69) is 0 Å². The summed E-state index contributed by atoms with van der Waals surface area (Å²) in [5, 5.41) is 0. The number of nitrogens with zero attached hydrogens (tertiary/aromatic N) is 2. The van der Waals surface area contributed by atoms with E-state index in [1.54, 1.807) is 12.1 Å². The summed E-state index contributed by atoms with van der Waals surface area (Å²) < 4.78 is 11.4. The highest BCUT2D eigenvalue weighted by molar-refractivity contribution is 5.95. The van der Waals surface area contributed by atoms with Crippen LogP contribution in [0, 0.1) is 5.92 Å². The van der Waals surface area contributed by atoms with Crippen LogP contribution in [0.3, 0.4) is 0 Å². The molecule has 156 valence electrons. The molecule has 1 aliphatic rings. The third kappa shape index (κ3) is 5.40. The Labute approximate surface area is 168 Å². The number of piperidine rings is 1. The molecular formula is C22H34N2O4. The minimum atomic E-state index is -0.0169. The van der Waals surface area contributed by atoms with E-state index in [1.807, 2.05) is 43.6 Å². The van der Waals surface area contributed by atoms with Crippen molar-refractivity contribution >= 4 is 11.8 Å². The van der Waals surface area contributed by atoms with Gasteiger partial charge in [0.1, 0.15) is 0 Å². The first-order valence-corrected chi connectivity index (χ1v) is 10.5. The van der Waals surface area contributed by atoms with Crippen molar-refractivity contribution in [1.29, 1.82) is 0 Å². The second kappa shape index (κ2) is 10.9. The van der Waals surface area contributed by atoms with Gasteiger partial charge >= 0.3 is 0 Å². The van der Waals surface area contributed by atoms with Gasteiger partial charge in [-0.25, -0.2) is 0 Å². The van der Waals surface area contributed by atoms with Gasteiger partial charge < -0.3 is 19.3 Å². The van der Waals surface area contributed by atoms with Gasteiger partial charge in [0.25, 0.3) is 5.91 Å². The molecule has 28 heavy (non-hydrogen) atoms. The average molecular weight is 391 g/mol. The highest BCUT2D eigenvalue weighted by Gasteiger charge is 2.30. The van der Waals surface area contributed by atoms with Crippen LogP contribution in [0.5, 0.6) is 11.5 Å². The van der Waals surface area contributed by atoms with E-state index < -0.39 is 0 Å². The zero-order valence-corrected chi connectivity index (χ0v) is 17.7. The maximum atomic E-state index is 12.9. The van der Waals surface area contributed by atoms with Crippen LogP contribution in [0.4, 0.5) is 0 Å². The molecule has 2 rings (SSSR count). The SMILES string of the molecule is CCCOc1ccc(C(=O)N2CCC(C(=O)N(CC)CC)CC2)cc1OCC. The maximum absolute atomic E-state index is 12.9. The Morgan fingerprint density at radius 2 is 1.71 bits per heavy atom. The lowest BCUT2D eigenvalue weighted by atomic mass is 9.94. The van der Waals surface area contributed by atoms with Gasteiger partial charge in [0, 0.05) is 37.7 Å². The van der Waals surface area contributed by atoms with Gasteiger partial charge in [-0.05, 0) is 58.2 Å². The minimum absolute atomic E-state index is 0.0169. The summed E-state index contributed by atoms with van der Waals surface area (Å²) in [5.74, 6) is 1.50. The number of amides is 2. The minimum Gasteiger partial charge on any atom is -0.490 e. The molecule has 1 heterocycles. The topological polar surface area (TPSA) is 59.1 Å². The number of ether oxygens (including phenoxy) is 2. The summed E-state index contributed by atoms with van der Waals surface area (Å²) in [6.07, 6.45) is 2.35. The third-order valence-corrected chi connectivity index (χ3v) is 5.16. The van der Waals surface area contributed by atoms with Crippen molar-refractivity contribution in [3.63, 3.8) is 0 Å². The van der Waals surface area contributed by atoms with E-state index in [1.165, 1.54) is 0 Å². The van der Waals surface area contributed by atoms with E-state index in [9.17, 15) is 9.59 Å². The highest BCUT2D eigenvalue weighted by Crippen LogP contribution is 2.30. The fourth-order valence-corrected chi connectivity index (χ4v) is 3.55. The Kier molecular flexibility index (Phi) is 8.61. The number of carbonyl (C=O) groups is 2. The Morgan fingerprint density at radius 3 is 2.29 bits per heavy atom. The number of hydrogen-bond donors (Lipinski definition) is 0. The van der Waals surface area contributed by atoms with Crippen molar-refractivity contribution in [1.82, 2.24) is 9.80 Å². The van der Waals surface area contributed by atoms with Crippen LogP contribution in [-0.4, -0.2) is 61.0 Å².